The van der Waals surface area contributed by atoms with Crippen molar-refractivity contribution in [2.24, 2.45) is 0 Å². The number of halogens is 1. The number of hydrogen-bond donors (Lipinski definition) is 0. The third-order valence-corrected chi connectivity index (χ3v) is 2.86. The zero-order valence-corrected chi connectivity index (χ0v) is 10.2. The first kappa shape index (κ1) is 11.0. The van der Waals surface area contributed by atoms with Crippen LogP contribution in [0.15, 0.2) is 33.8 Å². The van der Waals surface area contributed by atoms with Gasteiger partial charge in [-0.05, 0) is 35.0 Å². The predicted molar refractivity (Wildman–Crippen MR) is 64.4 cm³/mol. The Labute approximate surface area is 100 Å². The molecule has 0 bridgehead atoms. The Hall–Kier alpha value is -1.49. The lowest BCUT2D eigenvalue weighted by molar-refractivity contribution is -0.117. The van der Waals surface area contributed by atoms with E-state index in [1.165, 1.54) is 17.8 Å². The van der Waals surface area contributed by atoms with Crippen LogP contribution in [0.5, 0.6) is 0 Å². The third kappa shape index (κ3) is 1.90. The van der Waals surface area contributed by atoms with Gasteiger partial charge >= 0.3 is 0 Å². The van der Waals surface area contributed by atoms with Crippen molar-refractivity contribution in [3.63, 3.8) is 0 Å². The van der Waals surface area contributed by atoms with Crippen LogP contribution in [-0.4, -0.2) is 15.3 Å². The summed E-state index contributed by atoms with van der Waals surface area (Å²) in [7, 11) is 0. The topological polar surface area (TPSA) is 52.0 Å². The molecule has 2 rings (SSSR count). The van der Waals surface area contributed by atoms with E-state index < -0.39 is 0 Å². The fourth-order valence-corrected chi connectivity index (χ4v) is 2.04. The van der Waals surface area contributed by atoms with Crippen molar-refractivity contribution >= 4 is 32.6 Å². The molecular formula is C11H9BrN2O2. The van der Waals surface area contributed by atoms with Gasteiger partial charge in [-0.2, -0.15) is 0 Å². The van der Waals surface area contributed by atoms with Crippen LogP contribution >= 0.6 is 15.9 Å². The van der Waals surface area contributed by atoms with Crippen molar-refractivity contribution < 1.29 is 4.79 Å². The largest absolute Gasteiger partial charge is 0.298 e. The average Bonchev–Trinajstić information content (AvgIpc) is 2.22. The zero-order valence-electron chi connectivity index (χ0n) is 8.61. The van der Waals surface area contributed by atoms with E-state index in [-0.39, 0.29) is 17.9 Å². The number of hydrogen-bond acceptors (Lipinski definition) is 3. The van der Waals surface area contributed by atoms with Gasteiger partial charge in [0.25, 0.3) is 5.56 Å². The highest BCUT2D eigenvalue weighted by Crippen LogP contribution is 2.18. The van der Waals surface area contributed by atoms with E-state index in [1.807, 2.05) is 6.07 Å². The summed E-state index contributed by atoms with van der Waals surface area (Å²) in [6.45, 7) is 1.50. The van der Waals surface area contributed by atoms with Crippen molar-refractivity contribution in [3.05, 3.63) is 39.4 Å². The van der Waals surface area contributed by atoms with Crippen LogP contribution < -0.4 is 5.56 Å². The van der Waals surface area contributed by atoms with Crippen LogP contribution in [0.3, 0.4) is 0 Å². The van der Waals surface area contributed by atoms with Crippen molar-refractivity contribution in [2.45, 2.75) is 13.5 Å². The molecule has 0 N–H and O–H groups in total. The Bertz CT molecular complexity index is 619. The van der Waals surface area contributed by atoms with Gasteiger partial charge in [-0.15, -0.1) is 0 Å². The second-order valence-electron chi connectivity index (χ2n) is 3.51. The molecule has 0 saturated carbocycles. The molecular weight excluding hydrogens is 272 g/mol. The molecule has 1 aromatic carbocycles. The maximum absolute atomic E-state index is 12.0. The molecule has 82 valence electrons. The molecule has 0 aliphatic rings. The number of carbonyl (C=O) groups excluding carboxylic acids is 1. The predicted octanol–water partition coefficient (Wildman–Crippen LogP) is 1.75. The molecule has 2 aromatic rings. The number of fused-ring (bicyclic) bond motifs is 1. The van der Waals surface area contributed by atoms with Crippen LogP contribution in [0.4, 0.5) is 0 Å². The third-order valence-electron chi connectivity index (χ3n) is 2.20. The minimum Gasteiger partial charge on any atom is -0.298 e. The maximum Gasteiger partial charge on any atom is 0.262 e. The van der Waals surface area contributed by atoms with E-state index in [0.717, 1.165) is 0 Å². The molecule has 5 heteroatoms. The van der Waals surface area contributed by atoms with Crippen LogP contribution in [-0.2, 0) is 11.3 Å². The smallest absolute Gasteiger partial charge is 0.262 e. The van der Waals surface area contributed by atoms with Crippen LogP contribution in [0.25, 0.3) is 10.9 Å². The summed E-state index contributed by atoms with van der Waals surface area (Å²) < 4.78 is 2.01. The van der Waals surface area contributed by atoms with Gasteiger partial charge in [-0.1, -0.05) is 6.07 Å². The molecule has 0 unspecified atom stereocenters. The number of carbonyl (C=O) groups is 1. The molecule has 16 heavy (non-hydrogen) atoms. The van der Waals surface area contributed by atoms with Gasteiger partial charge in [-0.3, -0.25) is 14.2 Å². The normalized spacial score (nSPS) is 10.6. The monoisotopic (exact) mass is 280 g/mol. The highest BCUT2D eigenvalue weighted by atomic mass is 79.9. The molecule has 0 radical (unpaired) electrons. The first-order valence-electron chi connectivity index (χ1n) is 4.72. The molecule has 0 fully saturated rings. The van der Waals surface area contributed by atoms with E-state index in [1.54, 1.807) is 12.1 Å². The fraction of sp³-hybridized carbons (Fsp3) is 0.182. The van der Waals surface area contributed by atoms with E-state index >= 15 is 0 Å². The number of aromatic nitrogens is 2. The van der Waals surface area contributed by atoms with Gasteiger partial charge in [-0.25, -0.2) is 4.98 Å². The number of nitrogens with zero attached hydrogens (tertiary/aromatic N) is 2. The number of rotatable bonds is 2. The summed E-state index contributed by atoms with van der Waals surface area (Å²) in [4.78, 5) is 27.1. The maximum atomic E-state index is 12.0. The van der Waals surface area contributed by atoms with Gasteiger partial charge < -0.3 is 0 Å². The van der Waals surface area contributed by atoms with Crippen molar-refractivity contribution in [3.8, 4) is 0 Å². The zero-order chi connectivity index (χ0) is 11.7. The molecule has 0 aliphatic carbocycles. The average molecular weight is 281 g/mol. The molecule has 1 heterocycles. The van der Waals surface area contributed by atoms with Gasteiger partial charge in [0, 0.05) is 4.47 Å². The van der Waals surface area contributed by atoms with E-state index in [0.29, 0.717) is 15.4 Å². The number of Topliss-reactive ketones (excluding diaryl/α,β-unsaturated/α-hetero) is 1. The first-order chi connectivity index (χ1) is 7.59. The lowest BCUT2D eigenvalue weighted by Crippen LogP contribution is -2.23. The first-order valence-corrected chi connectivity index (χ1v) is 5.52. The summed E-state index contributed by atoms with van der Waals surface area (Å²) in [5.74, 6) is -0.0738. The van der Waals surface area contributed by atoms with E-state index in [9.17, 15) is 9.59 Å². The SMILES string of the molecule is CC(=O)Cn1cnc2cccc(Br)c2c1=O. The van der Waals surface area contributed by atoms with Crippen molar-refractivity contribution in [1.29, 1.82) is 0 Å². The summed E-state index contributed by atoms with van der Waals surface area (Å²) >= 11 is 3.31. The summed E-state index contributed by atoms with van der Waals surface area (Å²) in [6.07, 6.45) is 1.40. The molecule has 0 saturated heterocycles. The molecule has 0 spiro atoms. The van der Waals surface area contributed by atoms with Crippen LogP contribution in [0.2, 0.25) is 0 Å². The van der Waals surface area contributed by atoms with Gasteiger partial charge in [0.2, 0.25) is 0 Å². The number of benzene rings is 1. The second-order valence-corrected chi connectivity index (χ2v) is 4.37. The second kappa shape index (κ2) is 4.17. The molecule has 1 aromatic heterocycles. The highest BCUT2D eigenvalue weighted by molar-refractivity contribution is 9.10. The summed E-state index contributed by atoms with van der Waals surface area (Å²) in [6, 6.07) is 5.36. The Morgan fingerprint density at radius 1 is 1.50 bits per heavy atom. The highest BCUT2D eigenvalue weighted by Gasteiger charge is 2.07. The van der Waals surface area contributed by atoms with Crippen LogP contribution in [0, 0.1) is 0 Å². The Kier molecular flexibility index (Phi) is 2.87. The minimum atomic E-state index is -0.201. The quantitative estimate of drug-likeness (QED) is 0.842. The Balaban J connectivity index is 2.73. The van der Waals surface area contributed by atoms with Gasteiger partial charge in [0.15, 0.2) is 0 Å². The lowest BCUT2D eigenvalue weighted by Gasteiger charge is -2.04. The Morgan fingerprint density at radius 3 is 2.94 bits per heavy atom. The summed E-state index contributed by atoms with van der Waals surface area (Å²) in [5, 5.41) is 0.506. The van der Waals surface area contributed by atoms with Crippen molar-refractivity contribution in [1.82, 2.24) is 9.55 Å². The van der Waals surface area contributed by atoms with Crippen molar-refractivity contribution in [2.75, 3.05) is 0 Å². The number of ketones is 1. The standard InChI is InChI=1S/C11H9BrN2O2/c1-7(15)5-14-6-13-9-4-2-3-8(12)10(9)11(14)16/h2-4,6H,5H2,1H3. The van der Waals surface area contributed by atoms with Gasteiger partial charge in [0.1, 0.15) is 5.78 Å². The molecule has 4 nitrogen and oxygen atoms in total. The fourth-order valence-electron chi connectivity index (χ4n) is 1.51. The van der Waals surface area contributed by atoms with E-state index in [2.05, 4.69) is 20.9 Å². The summed E-state index contributed by atoms with van der Waals surface area (Å²) in [5.41, 5.74) is 0.423. The molecule has 0 atom stereocenters. The lowest BCUT2D eigenvalue weighted by atomic mass is 10.2. The molecule has 0 aliphatic heterocycles. The molecule has 0 amide bonds. The van der Waals surface area contributed by atoms with Gasteiger partial charge in [0.05, 0.1) is 23.8 Å². The van der Waals surface area contributed by atoms with E-state index in [4.69, 9.17) is 0 Å². The van der Waals surface area contributed by atoms with Crippen LogP contribution in [0.1, 0.15) is 6.92 Å². The minimum absolute atomic E-state index is 0.0586. The Morgan fingerprint density at radius 2 is 2.25 bits per heavy atom.